The predicted octanol–water partition coefficient (Wildman–Crippen LogP) is 2.76. The molecule has 0 fully saturated rings. The van der Waals surface area contributed by atoms with Gasteiger partial charge in [-0.3, -0.25) is 9.59 Å². The number of carbonyl (C=O) groups is 2. The standard InChI is InChI=1S/C22H26FN3O5/c1-13(2)19(25-21(27)15-6-8-16(23)9-7-15)22(28)26-24-12-14-10-17(29-3)20(31-5)18(11-14)30-4/h6-13,19H,1-5H3,(H,25,27)(H,26,28)/b24-12+. The summed E-state index contributed by atoms with van der Waals surface area (Å²) in [6.45, 7) is 3.58. The molecule has 0 heterocycles. The smallest absolute Gasteiger partial charge is 0.262 e. The molecule has 0 aromatic heterocycles. The molecule has 0 bridgehead atoms. The highest BCUT2D eigenvalue weighted by Gasteiger charge is 2.24. The maximum absolute atomic E-state index is 13.1. The predicted molar refractivity (Wildman–Crippen MR) is 114 cm³/mol. The van der Waals surface area contributed by atoms with E-state index < -0.39 is 23.7 Å². The molecule has 9 heteroatoms. The van der Waals surface area contributed by atoms with Gasteiger partial charge in [0.15, 0.2) is 11.5 Å². The third-order valence-corrected chi connectivity index (χ3v) is 4.42. The Morgan fingerprint density at radius 2 is 1.58 bits per heavy atom. The van der Waals surface area contributed by atoms with Crippen LogP contribution in [0.25, 0.3) is 0 Å². The van der Waals surface area contributed by atoms with Crippen molar-refractivity contribution in [3.63, 3.8) is 0 Å². The van der Waals surface area contributed by atoms with E-state index in [1.807, 2.05) is 0 Å². The van der Waals surface area contributed by atoms with Crippen LogP contribution in [0.3, 0.4) is 0 Å². The normalized spacial score (nSPS) is 11.8. The first kappa shape index (κ1) is 23.7. The van der Waals surface area contributed by atoms with E-state index in [4.69, 9.17) is 14.2 Å². The van der Waals surface area contributed by atoms with Crippen LogP contribution in [-0.4, -0.2) is 45.4 Å². The van der Waals surface area contributed by atoms with E-state index in [0.29, 0.717) is 22.8 Å². The summed E-state index contributed by atoms with van der Waals surface area (Å²) >= 11 is 0. The van der Waals surface area contributed by atoms with Gasteiger partial charge < -0.3 is 19.5 Å². The molecule has 0 aliphatic heterocycles. The minimum atomic E-state index is -0.838. The Morgan fingerprint density at radius 3 is 2.06 bits per heavy atom. The molecule has 2 aromatic rings. The summed E-state index contributed by atoms with van der Waals surface area (Å²) in [7, 11) is 4.49. The number of rotatable bonds is 9. The van der Waals surface area contributed by atoms with E-state index in [2.05, 4.69) is 15.8 Å². The topological polar surface area (TPSA) is 98.2 Å². The van der Waals surface area contributed by atoms with Crippen molar-refractivity contribution in [3.8, 4) is 17.2 Å². The zero-order valence-corrected chi connectivity index (χ0v) is 18.1. The van der Waals surface area contributed by atoms with Gasteiger partial charge in [-0.1, -0.05) is 13.8 Å². The molecule has 2 N–H and O–H groups in total. The highest BCUT2D eigenvalue weighted by atomic mass is 19.1. The van der Waals surface area contributed by atoms with Gasteiger partial charge >= 0.3 is 0 Å². The molecule has 0 radical (unpaired) electrons. The summed E-state index contributed by atoms with van der Waals surface area (Å²) < 4.78 is 28.9. The molecule has 1 atom stereocenters. The van der Waals surface area contributed by atoms with Crippen molar-refractivity contribution in [3.05, 3.63) is 53.3 Å². The van der Waals surface area contributed by atoms with Gasteiger partial charge in [0.25, 0.3) is 11.8 Å². The van der Waals surface area contributed by atoms with Crippen LogP contribution in [0.5, 0.6) is 17.2 Å². The lowest BCUT2D eigenvalue weighted by atomic mass is 10.0. The SMILES string of the molecule is COc1cc(/C=N/NC(=O)C(NC(=O)c2ccc(F)cc2)C(C)C)cc(OC)c1OC. The fraction of sp³-hybridized carbons (Fsp3) is 0.318. The Balaban J connectivity index is 2.10. The Bertz CT molecular complexity index is 920. The molecular formula is C22H26FN3O5. The molecule has 1 unspecified atom stereocenters. The summed E-state index contributed by atoms with van der Waals surface area (Å²) in [5, 5.41) is 6.61. The third-order valence-electron chi connectivity index (χ3n) is 4.42. The summed E-state index contributed by atoms with van der Waals surface area (Å²) in [5.41, 5.74) is 3.28. The van der Waals surface area contributed by atoms with E-state index in [-0.39, 0.29) is 11.5 Å². The lowest BCUT2D eigenvalue weighted by Gasteiger charge is -2.20. The Hall–Kier alpha value is -3.62. The summed E-state index contributed by atoms with van der Waals surface area (Å²) in [6, 6.07) is 7.57. The van der Waals surface area contributed by atoms with E-state index in [1.54, 1.807) is 26.0 Å². The highest BCUT2D eigenvalue weighted by molar-refractivity contribution is 5.97. The van der Waals surface area contributed by atoms with Crippen molar-refractivity contribution >= 4 is 18.0 Å². The van der Waals surface area contributed by atoms with Crippen molar-refractivity contribution in [2.75, 3.05) is 21.3 Å². The van der Waals surface area contributed by atoms with E-state index in [0.717, 1.165) is 0 Å². The zero-order chi connectivity index (χ0) is 23.0. The number of methoxy groups -OCH3 is 3. The van der Waals surface area contributed by atoms with Gasteiger partial charge in [-0.2, -0.15) is 5.10 Å². The van der Waals surface area contributed by atoms with E-state index >= 15 is 0 Å². The molecule has 166 valence electrons. The monoisotopic (exact) mass is 431 g/mol. The van der Waals surface area contributed by atoms with Gasteiger partial charge in [-0.25, -0.2) is 9.82 Å². The van der Waals surface area contributed by atoms with Crippen molar-refractivity contribution in [2.45, 2.75) is 19.9 Å². The average Bonchev–Trinajstić information content (AvgIpc) is 2.76. The van der Waals surface area contributed by atoms with Crippen molar-refractivity contribution in [2.24, 2.45) is 11.0 Å². The maximum Gasteiger partial charge on any atom is 0.262 e. The number of halogens is 1. The van der Waals surface area contributed by atoms with Gasteiger partial charge in [0.05, 0.1) is 27.5 Å². The molecular weight excluding hydrogens is 405 g/mol. The Labute approximate surface area is 180 Å². The number of hydrogen-bond donors (Lipinski definition) is 2. The summed E-state index contributed by atoms with van der Waals surface area (Å²) in [5.74, 6) is -0.301. The van der Waals surface area contributed by atoms with Crippen LogP contribution < -0.4 is 25.0 Å². The number of benzene rings is 2. The fourth-order valence-electron chi connectivity index (χ4n) is 2.78. The summed E-state index contributed by atoms with van der Waals surface area (Å²) in [4.78, 5) is 25.0. The minimum Gasteiger partial charge on any atom is -0.493 e. The van der Waals surface area contributed by atoms with Gasteiger partial charge in [0.2, 0.25) is 5.75 Å². The second kappa shape index (κ2) is 11.0. The lowest BCUT2D eigenvalue weighted by molar-refractivity contribution is -0.123. The molecule has 0 aliphatic rings. The molecule has 2 aromatic carbocycles. The Kier molecular flexibility index (Phi) is 8.36. The number of carbonyl (C=O) groups excluding carboxylic acids is 2. The van der Waals surface area contributed by atoms with Gasteiger partial charge in [-0.15, -0.1) is 0 Å². The average molecular weight is 431 g/mol. The quantitative estimate of drug-likeness (QED) is 0.470. The second-order valence-corrected chi connectivity index (χ2v) is 6.89. The van der Waals surface area contributed by atoms with Gasteiger partial charge in [0.1, 0.15) is 11.9 Å². The maximum atomic E-state index is 13.1. The molecule has 8 nitrogen and oxygen atoms in total. The first-order valence-electron chi connectivity index (χ1n) is 9.50. The molecule has 0 saturated carbocycles. The van der Waals surface area contributed by atoms with Crippen molar-refractivity contribution < 1.29 is 28.2 Å². The highest BCUT2D eigenvalue weighted by Crippen LogP contribution is 2.37. The van der Waals surface area contributed by atoms with Crippen LogP contribution in [0.15, 0.2) is 41.5 Å². The first-order chi connectivity index (χ1) is 14.8. The van der Waals surface area contributed by atoms with Crippen LogP contribution in [0.4, 0.5) is 4.39 Å². The lowest BCUT2D eigenvalue weighted by Crippen LogP contribution is -2.48. The number of hydrazone groups is 1. The third kappa shape index (κ3) is 6.18. The second-order valence-electron chi connectivity index (χ2n) is 6.89. The van der Waals surface area contributed by atoms with Crippen LogP contribution in [0, 0.1) is 11.7 Å². The molecule has 0 saturated heterocycles. The van der Waals surface area contributed by atoms with Crippen LogP contribution in [0.2, 0.25) is 0 Å². The Morgan fingerprint density at radius 1 is 1.00 bits per heavy atom. The molecule has 0 spiro atoms. The van der Waals surface area contributed by atoms with Crippen LogP contribution in [-0.2, 0) is 4.79 Å². The molecule has 2 amide bonds. The fourth-order valence-corrected chi connectivity index (χ4v) is 2.78. The van der Waals surface area contributed by atoms with Crippen LogP contribution in [0.1, 0.15) is 29.8 Å². The van der Waals surface area contributed by atoms with Crippen molar-refractivity contribution in [1.82, 2.24) is 10.7 Å². The van der Waals surface area contributed by atoms with Crippen LogP contribution >= 0.6 is 0 Å². The number of amides is 2. The minimum absolute atomic E-state index is 0.208. The zero-order valence-electron chi connectivity index (χ0n) is 18.1. The van der Waals surface area contributed by atoms with Gasteiger partial charge in [0, 0.05) is 11.1 Å². The van der Waals surface area contributed by atoms with E-state index in [1.165, 1.54) is 51.8 Å². The number of ether oxygens (including phenoxy) is 3. The largest absolute Gasteiger partial charge is 0.493 e. The number of hydrogen-bond acceptors (Lipinski definition) is 6. The number of nitrogens with zero attached hydrogens (tertiary/aromatic N) is 1. The van der Waals surface area contributed by atoms with Crippen molar-refractivity contribution in [1.29, 1.82) is 0 Å². The first-order valence-corrected chi connectivity index (χ1v) is 9.50. The van der Waals surface area contributed by atoms with Gasteiger partial charge in [-0.05, 0) is 42.3 Å². The molecule has 31 heavy (non-hydrogen) atoms. The summed E-state index contributed by atoms with van der Waals surface area (Å²) in [6.07, 6.45) is 1.42. The molecule has 2 rings (SSSR count). The number of nitrogens with one attached hydrogen (secondary N) is 2. The molecule has 0 aliphatic carbocycles. The van der Waals surface area contributed by atoms with E-state index in [9.17, 15) is 14.0 Å².